The Balaban J connectivity index is 2.16. The van der Waals surface area contributed by atoms with Crippen LogP contribution in [0, 0.1) is 0 Å². The molecule has 0 saturated carbocycles. The van der Waals surface area contributed by atoms with Gasteiger partial charge in [-0.15, -0.1) is 0 Å². The normalized spacial score (nSPS) is 24.8. The van der Waals surface area contributed by atoms with Crippen LogP contribution in [0.25, 0.3) is 0 Å². The van der Waals surface area contributed by atoms with Gasteiger partial charge in [-0.2, -0.15) is 0 Å². The standard InChI is InChI=1S/C9H20N2/c1-3-11(4-2)8-9-6-5-7-10-9/h9-10H,3-8H2,1-2H3/p+2/t9-/m1/s1. The Bertz CT molecular complexity index is 93.7. The largest absolute Gasteiger partial charge is 0.339 e. The van der Waals surface area contributed by atoms with E-state index in [0.717, 1.165) is 6.04 Å². The van der Waals surface area contributed by atoms with Gasteiger partial charge in [-0.05, 0) is 13.8 Å². The molecule has 1 fully saturated rings. The van der Waals surface area contributed by atoms with Crippen LogP contribution >= 0.6 is 0 Å². The van der Waals surface area contributed by atoms with E-state index in [-0.39, 0.29) is 0 Å². The Hall–Kier alpha value is -0.0800. The summed E-state index contributed by atoms with van der Waals surface area (Å²) in [7, 11) is 0. The predicted octanol–water partition coefficient (Wildman–Crippen LogP) is -1.36. The predicted molar refractivity (Wildman–Crippen MR) is 46.7 cm³/mol. The van der Waals surface area contributed by atoms with Crippen molar-refractivity contribution in [3.63, 3.8) is 0 Å². The molecule has 11 heavy (non-hydrogen) atoms. The Morgan fingerprint density at radius 2 is 2.09 bits per heavy atom. The molecular formula is C9H22N2+2. The van der Waals surface area contributed by atoms with Gasteiger partial charge in [0.1, 0.15) is 12.6 Å². The number of hydrogen-bond acceptors (Lipinski definition) is 0. The molecule has 1 aliphatic rings. The van der Waals surface area contributed by atoms with E-state index in [1.807, 2.05) is 0 Å². The fraction of sp³-hybridized carbons (Fsp3) is 1.00. The van der Waals surface area contributed by atoms with Crippen LogP contribution < -0.4 is 10.2 Å². The van der Waals surface area contributed by atoms with E-state index in [4.69, 9.17) is 0 Å². The lowest BCUT2D eigenvalue weighted by atomic mass is 10.2. The van der Waals surface area contributed by atoms with Crippen molar-refractivity contribution in [1.82, 2.24) is 0 Å². The molecule has 0 aliphatic carbocycles. The van der Waals surface area contributed by atoms with Crippen LogP contribution in [0.5, 0.6) is 0 Å². The van der Waals surface area contributed by atoms with E-state index in [9.17, 15) is 0 Å². The summed E-state index contributed by atoms with van der Waals surface area (Å²) in [6.45, 7) is 9.90. The van der Waals surface area contributed by atoms with Gasteiger partial charge in [0, 0.05) is 12.8 Å². The molecule has 1 rings (SSSR count). The molecule has 0 bridgehead atoms. The minimum absolute atomic E-state index is 0.935. The number of nitrogens with one attached hydrogen (secondary N) is 1. The van der Waals surface area contributed by atoms with E-state index in [2.05, 4.69) is 19.2 Å². The molecule has 1 atom stereocenters. The molecule has 1 aliphatic heterocycles. The molecule has 0 radical (unpaired) electrons. The zero-order valence-corrected chi connectivity index (χ0v) is 7.90. The molecule has 0 aromatic carbocycles. The first kappa shape index (κ1) is 9.01. The van der Waals surface area contributed by atoms with E-state index in [1.165, 1.54) is 39.0 Å². The van der Waals surface area contributed by atoms with Crippen LogP contribution in [0.3, 0.4) is 0 Å². The molecule has 2 nitrogen and oxygen atoms in total. The van der Waals surface area contributed by atoms with Gasteiger partial charge in [0.2, 0.25) is 0 Å². The Labute approximate surface area is 70.0 Å². The maximum Gasteiger partial charge on any atom is 0.136 e. The maximum atomic E-state index is 2.52. The lowest BCUT2D eigenvalue weighted by molar-refractivity contribution is -0.914. The van der Waals surface area contributed by atoms with Gasteiger partial charge < -0.3 is 10.2 Å². The summed E-state index contributed by atoms with van der Waals surface area (Å²) in [5.74, 6) is 0. The van der Waals surface area contributed by atoms with E-state index in [0.29, 0.717) is 0 Å². The second-order valence-corrected chi connectivity index (χ2v) is 3.59. The second kappa shape index (κ2) is 4.73. The number of quaternary nitrogens is 2. The zero-order valence-electron chi connectivity index (χ0n) is 7.90. The summed E-state index contributed by atoms with van der Waals surface area (Å²) in [4.78, 5) is 1.76. The van der Waals surface area contributed by atoms with Crippen LogP contribution in [-0.2, 0) is 0 Å². The molecule has 0 aromatic heterocycles. The third kappa shape index (κ3) is 2.80. The first-order valence-electron chi connectivity index (χ1n) is 5.03. The van der Waals surface area contributed by atoms with Crippen LogP contribution in [0.2, 0.25) is 0 Å². The average molecular weight is 158 g/mol. The van der Waals surface area contributed by atoms with Crippen LogP contribution in [-0.4, -0.2) is 32.2 Å². The zero-order chi connectivity index (χ0) is 8.10. The molecule has 2 heteroatoms. The summed E-state index contributed by atoms with van der Waals surface area (Å²) in [6.07, 6.45) is 2.88. The van der Waals surface area contributed by atoms with Gasteiger partial charge in [-0.3, -0.25) is 0 Å². The third-order valence-corrected chi connectivity index (χ3v) is 2.83. The van der Waals surface area contributed by atoms with Crippen molar-refractivity contribution in [2.24, 2.45) is 0 Å². The molecule has 3 N–H and O–H groups in total. The molecule has 0 amide bonds. The summed E-state index contributed by atoms with van der Waals surface area (Å²) in [5, 5.41) is 2.52. The second-order valence-electron chi connectivity index (χ2n) is 3.59. The van der Waals surface area contributed by atoms with Crippen molar-refractivity contribution in [3.8, 4) is 0 Å². The first-order chi connectivity index (χ1) is 5.36. The SMILES string of the molecule is CC[NH+](CC)C[C@H]1CCC[NH2+]1. The quantitative estimate of drug-likeness (QED) is 0.504. The van der Waals surface area contributed by atoms with Crippen molar-refractivity contribution in [2.75, 3.05) is 26.2 Å². The Morgan fingerprint density at radius 1 is 1.36 bits per heavy atom. The highest BCUT2D eigenvalue weighted by Gasteiger charge is 2.22. The smallest absolute Gasteiger partial charge is 0.136 e. The lowest BCUT2D eigenvalue weighted by Crippen LogP contribution is -3.15. The van der Waals surface area contributed by atoms with Crippen molar-refractivity contribution in [3.05, 3.63) is 0 Å². The third-order valence-electron chi connectivity index (χ3n) is 2.83. The molecule has 66 valence electrons. The van der Waals surface area contributed by atoms with Crippen LogP contribution in [0.1, 0.15) is 26.7 Å². The average Bonchev–Trinajstić information content (AvgIpc) is 2.52. The highest BCUT2D eigenvalue weighted by atomic mass is 15.1. The van der Waals surface area contributed by atoms with E-state index >= 15 is 0 Å². The molecule has 1 heterocycles. The van der Waals surface area contributed by atoms with Gasteiger partial charge in [-0.1, -0.05) is 0 Å². The maximum absolute atomic E-state index is 2.52. The summed E-state index contributed by atoms with van der Waals surface area (Å²) in [5.41, 5.74) is 0. The lowest BCUT2D eigenvalue weighted by Gasteiger charge is -2.17. The van der Waals surface area contributed by atoms with Crippen molar-refractivity contribution in [1.29, 1.82) is 0 Å². The Kier molecular flexibility index (Phi) is 3.87. The molecule has 0 unspecified atom stereocenters. The van der Waals surface area contributed by atoms with Gasteiger partial charge in [0.15, 0.2) is 0 Å². The van der Waals surface area contributed by atoms with Crippen molar-refractivity contribution < 1.29 is 10.2 Å². The van der Waals surface area contributed by atoms with Crippen molar-refractivity contribution >= 4 is 0 Å². The molecule has 0 aromatic rings. The van der Waals surface area contributed by atoms with E-state index < -0.39 is 0 Å². The number of likely N-dealkylation sites (N-methyl/N-ethyl adjacent to an activating group) is 1. The molecule has 0 spiro atoms. The first-order valence-corrected chi connectivity index (χ1v) is 5.03. The molecular weight excluding hydrogens is 136 g/mol. The van der Waals surface area contributed by atoms with E-state index in [1.54, 1.807) is 4.90 Å². The monoisotopic (exact) mass is 158 g/mol. The van der Waals surface area contributed by atoms with Gasteiger partial charge in [0.05, 0.1) is 19.6 Å². The molecule has 1 saturated heterocycles. The Morgan fingerprint density at radius 3 is 2.55 bits per heavy atom. The highest BCUT2D eigenvalue weighted by molar-refractivity contribution is 4.56. The van der Waals surface area contributed by atoms with Crippen LogP contribution in [0.15, 0.2) is 0 Å². The minimum atomic E-state index is 0.935. The highest BCUT2D eigenvalue weighted by Crippen LogP contribution is 1.93. The number of rotatable bonds is 4. The summed E-state index contributed by atoms with van der Waals surface area (Å²) >= 11 is 0. The van der Waals surface area contributed by atoms with Crippen LogP contribution in [0.4, 0.5) is 0 Å². The number of nitrogens with two attached hydrogens (primary N) is 1. The minimum Gasteiger partial charge on any atom is -0.339 e. The fourth-order valence-electron chi connectivity index (χ4n) is 1.95. The fourth-order valence-corrected chi connectivity index (χ4v) is 1.95. The van der Waals surface area contributed by atoms with Gasteiger partial charge in [-0.25, -0.2) is 0 Å². The van der Waals surface area contributed by atoms with Crippen molar-refractivity contribution in [2.45, 2.75) is 32.7 Å². The van der Waals surface area contributed by atoms with Gasteiger partial charge in [0.25, 0.3) is 0 Å². The summed E-state index contributed by atoms with van der Waals surface area (Å²) in [6, 6.07) is 0.935. The topological polar surface area (TPSA) is 21.1 Å². The summed E-state index contributed by atoms with van der Waals surface area (Å²) < 4.78 is 0. The van der Waals surface area contributed by atoms with Gasteiger partial charge >= 0.3 is 0 Å². The number of hydrogen-bond donors (Lipinski definition) is 2.